The van der Waals surface area contributed by atoms with Gasteiger partial charge in [0.15, 0.2) is 33.5 Å². The van der Waals surface area contributed by atoms with Crippen molar-refractivity contribution in [3.05, 3.63) is 101 Å². The van der Waals surface area contributed by atoms with Crippen LogP contribution < -0.4 is 21.5 Å². The molecule has 2 aromatic rings. The molecule has 0 atom stereocenters. The van der Waals surface area contributed by atoms with Gasteiger partial charge in [0.1, 0.15) is 22.4 Å². The minimum Gasteiger partial charge on any atom is -0.452 e. The van der Waals surface area contributed by atoms with Crippen molar-refractivity contribution in [1.29, 1.82) is 0 Å². The van der Waals surface area contributed by atoms with Crippen LogP contribution in [0.25, 0.3) is 45.1 Å². The summed E-state index contributed by atoms with van der Waals surface area (Å²) in [6.07, 6.45) is 0. The first-order valence-electron chi connectivity index (χ1n) is 17.9. The molecule has 0 bridgehead atoms. The zero-order valence-corrected chi connectivity index (χ0v) is 31.7. The molecular formula is C41H45N5O8. The van der Waals surface area contributed by atoms with Crippen LogP contribution in [0, 0.1) is 41.5 Å². The first-order valence-corrected chi connectivity index (χ1v) is 17.9. The smallest absolute Gasteiger partial charge is 0.251 e. The Morgan fingerprint density at radius 1 is 0.685 bits per heavy atom. The van der Waals surface area contributed by atoms with E-state index in [0.717, 1.165) is 44.0 Å². The van der Waals surface area contributed by atoms with Gasteiger partial charge in [-0.15, -0.1) is 0 Å². The van der Waals surface area contributed by atoms with Crippen LogP contribution >= 0.6 is 0 Å². The molecule has 0 radical (unpaired) electrons. The standard InChI is InChI=1S/C22H25N3O4.C19H20N2O4/c1-13-14(2)20(26)15(3)21-19(13)24-17-5-4-16(12-18(17)29-21)22(27)23-6-7-25-8-10-28-11-9-25;1-10-11(2)17(22)12(3)18-16(10)21-14-6-5-13(9-15(14)25-18)19(23)20-7-8-24-4/h4-5,12H,6-11H2,1-3H3,(H,23,27);5-6,9H,7-8H2,1-4H3,(H,20,23). The lowest BCUT2D eigenvalue weighted by Crippen LogP contribution is -2.41. The largest absolute Gasteiger partial charge is 0.452 e. The molecule has 7 rings (SSSR count). The topological polar surface area (TPSA) is 166 Å². The number of nitrogens with zero attached hydrogens (tertiary/aromatic N) is 3. The second-order valence-corrected chi connectivity index (χ2v) is 13.5. The fourth-order valence-corrected chi connectivity index (χ4v) is 6.42. The van der Waals surface area contributed by atoms with Crippen LogP contribution in [-0.2, 0) is 9.47 Å². The Morgan fingerprint density at radius 3 is 1.61 bits per heavy atom. The predicted molar refractivity (Wildman–Crippen MR) is 206 cm³/mol. The lowest BCUT2D eigenvalue weighted by Gasteiger charge is -2.26. The van der Waals surface area contributed by atoms with Gasteiger partial charge >= 0.3 is 0 Å². The first kappa shape index (κ1) is 38.2. The third kappa shape index (κ3) is 7.74. The van der Waals surface area contributed by atoms with Crippen LogP contribution in [0.2, 0.25) is 0 Å². The second kappa shape index (κ2) is 16.3. The molecular weight excluding hydrogens is 690 g/mol. The van der Waals surface area contributed by atoms with E-state index in [1.165, 1.54) is 0 Å². The van der Waals surface area contributed by atoms with Crippen molar-refractivity contribution in [2.24, 2.45) is 0 Å². The van der Waals surface area contributed by atoms with Gasteiger partial charge in [-0.3, -0.25) is 24.1 Å². The Hall–Kier alpha value is -5.50. The molecule has 3 aliphatic heterocycles. The van der Waals surface area contributed by atoms with Crippen LogP contribution in [0.15, 0.2) is 54.8 Å². The molecule has 2 aliphatic carbocycles. The van der Waals surface area contributed by atoms with E-state index in [4.69, 9.17) is 18.3 Å². The van der Waals surface area contributed by atoms with E-state index in [2.05, 4.69) is 25.5 Å². The van der Waals surface area contributed by atoms with Crippen LogP contribution in [0.1, 0.15) is 54.1 Å². The highest BCUT2D eigenvalue weighted by atomic mass is 16.5. The van der Waals surface area contributed by atoms with E-state index in [0.29, 0.717) is 98.2 Å². The highest BCUT2D eigenvalue weighted by Crippen LogP contribution is 2.32. The summed E-state index contributed by atoms with van der Waals surface area (Å²) in [6.45, 7) is 16.3. The average molecular weight is 736 g/mol. The number of morpholine rings is 1. The highest BCUT2D eigenvalue weighted by molar-refractivity contribution is 5.98. The number of ether oxygens (including phenoxy) is 2. The number of fused-ring (bicyclic) bond motifs is 4. The molecule has 2 N–H and O–H groups in total. The van der Waals surface area contributed by atoms with E-state index in [9.17, 15) is 19.2 Å². The van der Waals surface area contributed by atoms with Gasteiger partial charge in [0, 0.05) is 73.2 Å². The number of nitrogens with one attached hydrogen (secondary N) is 2. The summed E-state index contributed by atoms with van der Waals surface area (Å²) in [6, 6.07) is 10.3. The Labute approximate surface area is 312 Å². The van der Waals surface area contributed by atoms with E-state index in [-0.39, 0.29) is 22.7 Å². The average Bonchev–Trinajstić information content (AvgIpc) is 3.19. The molecule has 0 saturated carbocycles. The number of aromatic nitrogens is 2. The van der Waals surface area contributed by atoms with Gasteiger partial charge in [-0.1, -0.05) is 0 Å². The summed E-state index contributed by atoms with van der Waals surface area (Å²) in [7, 11) is 1.58. The number of carbonyl (C=O) groups is 2. The van der Waals surface area contributed by atoms with Crippen molar-refractivity contribution < 1.29 is 27.9 Å². The lowest BCUT2D eigenvalue weighted by molar-refractivity contribution is 0.0383. The maximum absolute atomic E-state index is 12.5. The number of carbonyl (C=O) groups excluding carboxylic acids is 2. The van der Waals surface area contributed by atoms with E-state index < -0.39 is 0 Å². The zero-order chi connectivity index (χ0) is 38.7. The molecule has 54 heavy (non-hydrogen) atoms. The van der Waals surface area contributed by atoms with Crippen LogP contribution in [0.4, 0.5) is 0 Å². The zero-order valence-electron chi connectivity index (χ0n) is 31.7. The summed E-state index contributed by atoms with van der Waals surface area (Å²) in [5.41, 5.74) is 8.62. The highest BCUT2D eigenvalue weighted by Gasteiger charge is 2.22. The minimum absolute atomic E-state index is 0.0306. The van der Waals surface area contributed by atoms with E-state index in [1.54, 1.807) is 71.2 Å². The van der Waals surface area contributed by atoms with Gasteiger partial charge in [0.25, 0.3) is 11.8 Å². The fraction of sp³-hybridized carbons (Fsp3) is 0.366. The molecule has 13 nitrogen and oxygen atoms in total. The first-order chi connectivity index (χ1) is 25.9. The number of methoxy groups -OCH3 is 1. The number of benzene rings is 4. The van der Waals surface area contributed by atoms with E-state index in [1.807, 2.05) is 13.8 Å². The van der Waals surface area contributed by atoms with Crippen LogP contribution in [0.3, 0.4) is 0 Å². The molecule has 13 heteroatoms. The summed E-state index contributed by atoms with van der Waals surface area (Å²) < 4.78 is 22.2. The molecule has 2 aromatic carbocycles. The molecule has 1 saturated heterocycles. The molecule has 0 aromatic heterocycles. The third-order valence-electron chi connectivity index (χ3n) is 10.1. The van der Waals surface area contributed by atoms with Crippen molar-refractivity contribution >= 4 is 34.0 Å². The number of hydrogen-bond acceptors (Lipinski definition) is 11. The maximum atomic E-state index is 12.5. The van der Waals surface area contributed by atoms with Crippen molar-refractivity contribution in [2.75, 3.05) is 59.7 Å². The SMILES string of the molecule is COCCNC(=O)c1ccc2nc3c(C)c(C)c(=O)c(C)c-3oc2c1.Cc1c2nc3ccc(C(=O)NCCN4CCOCC4)cc3oc-2c(C)c(=O)c1C. The summed E-state index contributed by atoms with van der Waals surface area (Å²) in [4.78, 5) is 61.0. The second-order valence-electron chi connectivity index (χ2n) is 13.5. The Balaban J connectivity index is 0.000000186. The number of rotatable bonds is 8. The van der Waals surface area contributed by atoms with Crippen molar-refractivity contribution in [3.63, 3.8) is 0 Å². The number of hydrogen-bond donors (Lipinski definition) is 2. The molecule has 5 aliphatic rings. The lowest BCUT2D eigenvalue weighted by atomic mass is 9.99. The van der Waals surface area contributed by atoms with Gasteiger partial charge in [0.05, 0.1) is 19.8 Å². The summed E-state index contributed by atoms with van der Waals surface area (Å²) >= 11 is 0. The van der Waals surface area contributed by atoms with Crippen LogP contribution in [-0.4, -0.2) is 86.3 Å². The molecule has 0 spiro atoms. The van der Waals surface area contributed by atoms with Crippen LogP contribution in [0.5, 0.6) is 0 Å². The van der Waals surface area contributed by atoms with E-state index >= 15 is 0 Å². The van der Waals surface area contributed by atoms with Gasteiger partial charge in [0.2, 0.25) is 0 Å². The van der Waals surface area contributed by atoms with Gasteiger partial charge in [-0.25, -0.2) is 9.97 Å². The Bertz CT molecular complexity index is 2430. The maximum Gasteiger partial charge on any atom is 0.251 e. The molecule has 1 fully saturated rings. The molecule has 0 unspecified atom stereocenters. The molecule has 282 valence electrons. The summed E-state index contributed by atoms with van der Waals surface area (Å²) in [5.74, 6) is 0.584. The number of amides is 2. The molecule has 3 heterocycles. The quantitative estimate of drug-likeness (QED) is 0.162. The monoisotopic (exact) mass is 735 g/mol. The summed E-state index contributed by atoms with van der Waals surface area (Å²) in [5, 5.41) is 5.71. The van der Waals surface area contributed by atoms with Gasteiger partial charge in [-0.05, 0) is 89.1 Å². The van der Waals surface area contributed by atoms with Crippen molar-refractivity contribution in [3.8, 4) is 22.9 Å². The fourth-order valence-electron chi connectivity index (χ4n) is 6.42. The minimum atomic E-state index is -0.212. The predicted octanol–water partition coefficient (Wildman–Crippen LogP) is 4.87. The van der Waals surface area contributed by atoms with Crippen molar-refractivity contribution in [1.82, 2.24) is 25.5 Å². The molecule has 2 amide bonds. The van der Waals surface area contributed by atoms with Crippen molar-refractivity contribution in [2.45, 2.75) is 41.5 Å². The Kier molecular flexibility index (Phi) is 11.5. The third-order valence-corrected chi connectivity index (χ3v) is 10.1. The van der Waals surface area contributed by atoms with Gasteiger partial charge in [-0.2, -0.15) is 0 Å². The normalized spacial score (nSPS) is 13.3. The van der Waals surface area contributed by atoms with Gasteiger partial charge < -0.3 is 28.9 Å². The Morgan fingerprint density at radius 2 is 1.15 bits per heavy atom.